The molecule has 2 amide bonds. The number of nitrogens with two attached hydrogens (primary N) is 1. The third kappa shape index (κ3) is 6.23. The Bertz CT molecular complexity index is 1170. The van der Waals surface area contributed by atoms with Gasteiger partial charge >= 0.3 is 0 Å². The molecular formula is C26H29FN4O3. The lowest BCUT2D eigenvalue weighted by Crippen LogP contribution is -2.41. The molecule has 0 unspecified atom stereocenters. The van der Waals surface area contributed by atoms with Gasteiger partial charge in [-0.1, -0.05) is 38.1 Å². The van der Waals surface area contributed by atoms with Crippen molar-refractivity contribution in [2.45, 2.75) is 52.1 Å². The Morgan fingerprint density at radius 1 is 0.971 bits per heavy atom. The first-order valence-electron chi connectivity index (χ1n) is 10.9. The largest absolute Gasteiger partial charge is 0.366 e. The molecule has 178 valence electrons. The van der Waals surface area contributed by atoms with Gasteiger partial charge in [0.25, 0.3) is 5.91 Å². The summed E-state index contributed by atoms with van der Waals surface area (Å²) in [7, 11) is 0. The molecule has 1 aromatic heterocycles. The molecule has 3 aromatic rings. The van der Waals surface area contributed by atoms with Gasteiger partial charge in [0.2, 0.25) is 5.91 Å². The number of amides is 2. The Balaban J connectivity index is 1.88. The number of hydroxylamine groups is 1. The Kier molecular flexibility index (Phi) is 7.12. The van der Waals surface area contributed by atoms with Gasteiger partial charge in [-0.05, 0) is 68.1 Å². The molecule has 0 aliphatic carbocycles. The second-order valence-electron chi connectivity index (χ2n) is 9.68. The Morgan fingerprint density at radius 2 is 1.65 bits per heavy atom. The maximum absolute atomic E-state index is 13.4. The number of primary amides is 1. The van der Waals surface area contributed by atoms with Gasteiger partial charge in [0, 0.05) is 17.5 Å². The van der Waals surface area contributed by atoms with E-state index in [1.54, 1.807) is 48.5 Å². The number of carbonyl (C=O) groups excluding carboxylic acids is 2. The van der Waals surface area contributed by atoms with Gasteiger partial charge in [0.1, 0.15) is 5.82 Å². The molecular weight excluding hydrogens is 435 g/mol. The van der Waals surface area contributed by atoms with Crippen LogP contribution in [0.2, 0.25) is 0 Å². The zero-order valence-corrected chi connectivity index (χ0v) is 20.0. The second kappa shape index (κ2) is 9.69. The van der Waals surface area contributed by atoms with Gasteiger partial charge in [-0.25, -0.2) is 4.39 Å². The van der Waals surface area contributed by atoms with Crippen molar-refractivity contribution in [3.8, 4) is 11.3 Å². The van der Waals surface area contributed by atoms with E-state index in [4.69, 9.17) is 10.6 Å². The highest BCUT2D eigenvalue weighted by molar-refractivity contribution is 5.94. The van der Waals surface area contributed by atoms with Crippen molar-refractivity contribution >= 4 is 17.6 Å². The standard InChI is InChI=1S/C26H29FN4O3/c1-25(2,3)34-31(23(32)16-26(4,5)19-9-11-20(27)12-10-19)22-14-13-21(29-30-22)17-7-6-8-18(15-17)24(28)33/h6-15H,16H2,1-5H3,(H2,28,33). The zero-order chi connectivity index (χ0) is 25.1. The first-order chi connectivity index (χ1) is 15.9. The van der Waals surface area contributed by atoms with Crippen LogP contribution in [0.5, 0.6) is 0 Å². The third-order valence-electron chi connectivity index (χ3n) is 5.11. The van der Waals surface area contributed by atoms with Crippen LogP contribution in [0.3, 0.4) is 0 Å². The maximum atomic E-state index is 13.4. The minimum absolute atomic E-state index is 0.0960. The Morgan fingerprint density at radius 3 is 2.21 bits per heavy atom. The third-order valence-corrected chi connectivity index (χ3v) is 5.11. The highest BCUT2D eigenvalue weighted by Crippen LogP contribution is 2.30. The summed E-state index contributed by atoms with van der Waals surface area (Å²) in [5, 5.41) is 9.60. The number of nitrogens with zero attached hydrogens (tertiary/aromatic N) is 3. The van der Waals surface area contributed by atoms with Crippen molar-refractivity contribution in [2.24, 2.45) is 5.73 Å². The fraction of sp³-hybridized carbons (Fsp3) is 0.308. The molecule has 2 aromatic carbocycles. The first kappa shape index (κ1) is 25.0. The molecule has 0 radical (unpaired) electrons. The van der Waals surface area contributed by atoms with Crippen LogP contribution in [0.4, 0.5) is 10.2 Å². The maximum Gasteiger partial charge on any atom is 0.253 e. The molecule has 0 aliphatic rings. The van der Waals surface area contributed by atoms with Crippen molar-refractivity contribution in [3.63, 3.8) is 0 Å². The number of benzene rings is 2. The molecule has 1 heterocycles. The highest BCUT2D eigenvalue weighted by atomic mass is 19.1. The molecule has 0 saturated heterocycles. The summed E-state index contributed by atoms with van der Waals surface area (Å²) in [6.45, 7) is 9.31. The van der Waals surface area contributed by atoms with Crippen molar-refractivity contribution < 1.29 is 18.8 Å². The van der Waals surface area contributed by atoms with Gasteiger partial charge in [-0.15, -0.1) is 10.2 Å². The molecule has 0 saturated carbocycles. The summed E-state index contributed by atoms with van der Waals surface area (Å²) in [5.41, 5.74) is 6.48. The Hall–Kier alpha value is -3.65. The van der Waals surface area contributed by atoms with E-state index in [-0.39, 0.29) is 24.0 Å². The molecule has 3 rings (SSSR count). The summed E-state index contributed by atoms with van der Waals surface area (Å²) in [5.74, 6) is -0.961. The zero-order valence-electron chi connectivity index (χ0n) is 20.0. The summed E-state index contributed by atoms with van der Waals surface area (Å²) in [6.07, 6.45) is 0.0960. The van der Waals surface area contributed by atoms with Gasteiger partial charge in [-0.2, -0.15) is 5.06 Å². The topological polar surface area (TPSA) is 98.4 Å². The lowest BCUT2D eigenvalue weighted by Gasteiger charge is -2.32. The molecule has 7 nitrogen and oxygen atoms in total. The van der Waals surface area contributed by atoms with Crippen LogP contribution in [-0.2, 0) is 15.0 Å². The Labute approximate surface area is 198 Å². The van der Waals surface area contributed by atoms with Crippen molar-refractivity contribution in [3.05, 3.63) is 77.6 Å². The average molecular weight is 465 g/mol. The molecule has 0 bridgehead atoms. The van der Waals surface area contributed by atoms with Crippen molar-refractivity contribution in [2.75, 3.05) is 5.06 Å². The molecule has 2 N–H and O–H groups in total. The number of anilines is 1. The summed E-state index contributed by atoms with van der Waals surface area (Å²) < 4.78 is 13.4. The van der Waals surface area contributed by atoms with Gasteiger partial charge in [0.05, 0.1) is 11.3 Å². The highest BCUT2D eigenvalue weighted by Gasteiger charge is 2.31. The average Bonchev–Trinajstić information content (AvgIpc) is 2.77. The SMILES string of the molecule is CC(C)(C)ON(C(=O)CC(C)(C)c1ccc(F)cc1)c1ccc(-c2cccc(C(N)=O)c2)nn1. The van der Waals surface area contributed by atoms with E-state index in [0.717, 1.165) is 10.6 Å². The molecule has 0 spiro atoms. The monoisotopic (exact) mass is 464 g/mol. The smallest absolute Gasteiger partial charge is 0.253 e. The van der Waals surface area contributed by atoms with Crippen molar-refractivity contribution in [1.82, 2.24) is 10.2 Å². The van der Waals surface area contributed by atoms with Crippen LogP contribution in [0, 0.1) is 5.82 Å². The number of carbonyl (C=O) groups is 2. The van der Waals surface area contributed by atoms with Crippen LogP contribution < -0.4 is 10.8 Å². The fourth-order valence-corrected chi connectivity index (χ4v) is 3.37. The summed E-state index contributed by atoms with van der Waals surface area (Å²) >= 11 is 0. The van der Waals surface area contributed by atoms with E-state index in [1.165, 1.54) is 12.1 Å². The van der Waals surface area contributed by atoms with Gasteiger partial charge in [0.15, 0.2) is 5.82 Å². The molecule has 8 heteroatoms. The molecule has 0 atom stereocenters. The predicted molar refractivity (Wildman–Crippen MR) is 128 cm³/mol. The van der Waals surface area contributed by atoms with E-state index >= 15 is 0 Å². The fourth-order valence-electron chi connectivity index (χ4n) is 3.37. The van der Waals surface area contributed by atoms with Crippen LogP contribution in [0.15, 0.2) is 60.7 Å². The lowest BCUT2D eigenvalue weighted by molar-refractivity contribution is -0.133. The van der Waals surface area contributed by atoms with E-state index < -0.39 is 16.9 Å². The van der Waals surface area contributed by atoms with Crippen LogP contribution in [0.25, 0.3) is 11.3 Å². The summed E-state index contributed by atoms with van der Waals surface area (Å²) in [4.78, 5) is 30.8. The van der Waals surface area contributed by atoms with Crippen LogP contribution >= 0.6 is 0 Å². The lowest BCUT2D eigenvalue weighted by atomic mass is 9.81. The molecule has 0 aliphatic heterocycles. The molecule has 34 heavy (non-hydrogen) atoms. The minimum Gasteiger partial charge on any atom is -0.366 e. The van der Waals surface area contributed by atoms with Crippen LogP contribution in [-0.4, -0.2) is 27.6 Å². The van der Waals surface area contributed by atoms with E-state index in [9.17, 15) is 14.0 Å². The van der Waals surface area contributed by atoms with E-state index in [0.29, 0.717) is 16.8 Å². The summed E-state index contributed by atoms with van der Waals surface area (Å²) in [6, 6.07) is 16.2. The van der Waals surface area contributed by atoms with Gasteiger partial charge < -0.3 is 5.73 Å². The number of rotatable bonds is 7. The van der Waals surface area contributed by atoms with E-state index in [1.807, 2.05) is 34.6 Å². The second-order valence-corrected chi connectivity index (χ2v) is 9.68. The predicted octanol–water partition coefficient (Wildman–Crippen LogP) is 4.81. The van der Waals surface area contributed by atoms with E-state index in [2.05, 4.69) is 10.2 Å². The number of hydrogen-bond acceptors (Lipinski definition) is 5. The normalized spacial score (nSPS) is 11.8. The quantitative estimate of drug-likeness (QED) is 0.506. The number of aromatic nitrogens is 2. The molecule has 0 fully saturated rings. The minimum atomic E-state index is -0.675. The number of hydrogen-bond donors (Lipinski definition) is 1. The van der Waals surface area contributed by atoms with Crippen molar-refractivity contribution in [1.29, 1.82) is 0 Å². The van der Waals surface area contributed by atoms with Gasteiger partial charge in [-0.3, -0.25) is 14.4 Å². The van der Waals surface area contributed by atoms with Crippen LogP contribution in [0.1, 0.15) is 57.0 Å². The number of halogens is 1. The first-order valence-corrected chi connectivity index (χ1v) is 10.9.